The van der Waals surface area contributed by atoms with Crippen molar-refractivity contribution >= 4 is 0 Å². The van der Waals surface area contributed by atoms with Crippen molar-refractivity contribution in [2.24, 2.45) is 0 Å². The Bertz CT molecular complexity index is 489. The Hall–Kier alpha value is -2.04. The number of rotatable bonds is 1. The van der Waals surface area contributed by atoms with Gasteiger partial charge in [-0.15, -0.1) is 0 Å². The number of aromatic amines is 1. The minimum absolute atomic E-state index is 0.209. The van der Waals surface area contributed by atoms with Gasteiger partial charge in [-0.25, -0.2) is 15.0 Å². The van der Waals surface area contributed by atoms with Crippen LogP contribution in [-0.4, -0.2) is 19.9 Å². The fourth-order valence-electron chi connectivity index (χ4n) is 0.999. The molecule has 1 N–H and O–H groups in total. The number of nitrogens with one attached hydrogen (secondary N) is 1. The molecule has 0 spiro atoms. The van der Waals surface area contributed by atoms with E-state index in [-0.39, 0.29) is 5.56 Å². The molecule has 70 valence electrons. The average molecular weight is 188 g/mol. The molecule has 2 rings (SSSR count). The molecule has 14 heavy (non-hydrogen) atoms. The molecule has 0 unspecified atom stereocenters. The maximum Gasteiger partial charge on any atom is 0.251 e. The normalized spacial score (nSPS) is 10.1. The summed E-state index contributed by atoms with van der Waals surface area (Å²) in [5.41, 5.74) is 0.756. The second-order valence-electron chi connectivity index (χ2n) is 2.87. The van der Waals surface area contributed by atoms with Crippen molar-refractivity contribution in [1.29, 1.82) is 0 Å². The van der Waals surface area contributed by atoms with Crippen molar-refractivity contribution < 1.29 is 0 Å². The Morgan fingerprint density at radius 1 is 1.21 bits per heavy atom. The van der Waals surface area contributed by atoms with Crippen LogP contribution in [-0.2, 0) is 0 Å². The minimum Gasteiger partial charge on any atom is -0.304 e. The van der Waals surface area contributed by atoms with Crippen LogP contribution in [0.1, 0.15) is 5.56 Å². The smallest absolute Gasteiger partial charge is 0.251 e. The second-order valence-corrected chi connectivity index (χ2v) is 2.87. The molecule has 5 nitrogen and oxygen atoms in total. The lowest BCUT2D eigenvalue weighted by Crippen LogP contribution is -2.07. The molecule has 0 aliphatic heterocycles. The number of hydrogen-bond acceptors (Lipinski definition) is 4. The van der Waals surface area contributed by atoms with E-state index in [4.69, 9.17) is 0 Å². The quantitative estimate of drug-likeness (QED) is 0.708. The van der Waals surface area contributed by atoms with Crippen molar-refractivity contribution in [2.75, 3.05) is 0 Å². The van der Waals surface area contributed by atoms with Crippen LogP contribution in [0.5, 0.6) is 0 Å². The third-order valence-corrected chi connectivity index (χ3v) is 1.66. The highest BCUT2D eigenvalue weighted by Crippen LogP contribution is 2.04. The van der Waals surface area contributed by atoms with E-state index in [9.17, 15) is 4.79 Å². The molecule has 0 radical (unpaired) electrons. The molecule has 2 aromatic rings. The van der Waals surface area contributed by atoms with E-state index in [2.05, 4.69) is 19.9 Å². The Balaban J connectivity index is 2.50. The van der Waals surface area contributed by atoms with Crippen LogP contribution in [0.2, 0.25) is 0 Å². The summed E-state index contributed by atoms with van der Waals surface area (Å²) in [6.07, 6.45) is 4.78. The lowest BCUT2D eigenvalue weighted by Gasteiger charge is -1.97. The van der Waals surface area contributed by atoms with Gasteiger partial charge in [-0.05, 0) is 12.5 Å². The Morgan fingerprint density at radius 3 is 2.57 bits per heavy atom. The number of nitrogens with zero attached hydrogens (tertiary/aromatic N) is 3. The molecule has 0 fully saturated rings. The molecule has 0 aliphatic rings. The van der Waals surface area contributed by atoms with Gasteiger partial charge in [-0.1, -0.05) is 0 Å². The van der Waals surface area contributed by atoms with Gasteiger partial charge >= 0.3 is 0 Å². The predicted octanol–water partition coefficient (Wildman–Crippen LogP) is 0.535. The summed E-state index contributed by atoms with van der Waals surface area (Å²) in [4.78, 5) is 25.6. The van der Waals surface area contributed by atoms with Gasteiger partial charge < -0.3 is 4.98 Å². The summed E-state index contributed by atoms with van der Waals surface area (Å²) >= 11 is 0. The highest BCUT2D eigenvalue weighted by atomic mass is 16.1. The summed E-state index contributed by atoms with van der Waals surface area (Å²) in [6.45, 7) is 1.89. The third kappa shape index (κ3) is 1.66. The van der Waals surface area contributed by atoms with Crippen LogP contribution in [0, 0.1) is 6.92 Å². The average Bonchev–Trinajstić information content (AvgIpc) is 2.19. The van der Waals surface area contributed by atoms with Crippen LogP contribution in [0.3, 0.4) is 0 Å². The number of aromatic nitrogens is 4. The fraction of sp³-hybridized carbons (Fsp3) is 0.111. The Morgan fingerprint density at radius 2 is 1.93 bits per heavy atom. The van der Waals surface area contributed by atoms with Gasteiger partial charge in [0.15, 0.2) is 11.6 Å². The van der Waals surface area contributed by atoms with Crippen LogP contribution in [0.25, 0.3) is 11.6 Å². The summed E-state index contributed by atoms with van der Waals surface area (Å²) in [5, 5.41) is 0. The molecule has 0 bridgehead atoms. The van der Waals surface area contributed by atoms with Crippen LogP contribution < -0.4 is 5.56 Å². The van der Waals surface area contributed by atoms with Crippen LogP contribution >= 0.6 is 0 Å². The zero-order chi connectivity index (χ0) is 9.97. The summed E-state index contributed by atoms with van der Waals surface area (Å²) in [6, 6.07) is 1.34. The molecule has 0 saturated heterocycles. The van der Waals surface area contributed by atoms with Gasteiger partial charge in [0, 0.05) is 24.7 Å². The van der Waals surface area contributed by atoms with Gasteiger partial charge in [0.05, 0.1) is 0 Å². The highest BCUT2D eigenvalue weighted by molar-refractivity contribution is 5.41. The maximum atomic E-state index is 11.0. The zero-order valence-electron chi connectivity index (χ0n) is 7.56. The highest BCUT2D eigenvalue weighted by Gasteiger charge is 2.01. The van der Waals surface area contributed by atoms with E-state index in [0.29, 0.717) is 11.6 Å². The lowest BCUT2D eigenvalue weighted by atomic mass is 10.4. The van der Waals surface area contributed by atoms with Gasteiger partial charge in [-0.2, -0.15) is 0 Å². The monoisotopic (exact) mass is 188 g/mol. The van der Waals surface area contributed by atoms with E-state index in [1.165, 1.54) is 12.3 Å². The third-order valence-electron chi connectivity index (χ3n) is 1.66. The van der Waals surface area contributed by atoms with Gasteiger partial charge in [0.25, 0.3) is 5.56 Å². The number of hydrogen-bond donors (Lipinski definition) is 1. The first kappa shape index (κ1) is 8.55. The van der Waals surface area contributed by atoms with E-state index in [1.54, 1.807) is 12.4 Å². The first-order valence-electron chi connectivity index (χ1n) is 4.10. The zero-order valence-corrected chi connectivity index (χ0v) is 7.56. The van der Waals surface area contributed by atoms with Crippen molar-refractivity contribution in [3.63, 3.8) is 0 Å². The topological polar surface area (TPSA) is 71.5 Å². The standard InChI is InChI=1S/C9H8N4O/c1-6-4-11-8(12-5-6)9-10-3-2-7(14)13-9/h2-5H,1H3,(H,10,13,14). The largest absolute Gasteiger partial charge is 0.304 e. The molecule has 2 aromatic heterocycles. The van der Waals surface area contributed by atoms with E-state index in [1.807, 2.05) is 6.92 Å². The molecular formula is C9H8N4O. The van der Waals surface area contributed by atoms with Gasteiger partial charge in [0.1, 0.15) is 0 Å². The minimum atomic E-state index is -0.209. The van der Waals surface area contributed by atoms with Gasteiger partial charge in [0.2, 0.25) is 0 Å². The predicted molar refractivity (Wildman–Crippen MR) is 50.6 cm³/mol. The van der Waals surface area contributed by atoms with E-state index >= 15 is 0 Å². The van der Waals surface area contributed by atoms with E-state index in [0.717, 1.165) is 5.56 Å². The fourth-order valence-corrected chi connectivity index (χ4v) is 0.999. The maximum absolute atomic E-state index is 11.0. The SMILES string of the molecule is Cc1cnc(-c2nccc(=O)[nH]2)nc1. The van der Waals surface area contributed by atoms with Crippen molar-refractivity contribution in [2.45, 2.75) is 6.92 Å². The van der Waals surface area contributed by atoms with Crippen LogP contribution in [0.4, 0.5) is 0 Å². The van der Waals surface area contributed by atoms with E-state index < -0.39 is 0 Å². The molecular weight excluding hydrogens is 180 g/mol. The van der Waals surface area contributed by atoms with Crippen molar-refractivity contribution in [1.82, 2.24) is 19.9 Å². The number of H-pyrrole nitrogens is 1. The van der Waals surface area contributed by atoms with Crippen LogP contribution in [0.15, 0.2) is 29.5 Å². The Labute approximate surface area is 79.9 Å². The number of aryl methyl sites for hydroxylation is 1. The van der Waals surface area contributed by atoms with Crippen molar-refractivity contribution in [3.05, 3.63) is 40.6 Å². The molecule has 2 heterocycles. The molecule has 0 aromatic carbocycles. The molecule has 0 atom stereocenters. The van der Waals surface area contributed by atoms with Gasteiger partial charge in [-0.3, -0.25) is 4.79 Å². The summed E-state index contributed by atoms with van der Waals surface area (Å²) < 4.78 is 0. The van der Waals surface area contributed by atoms with Crippen molar-refractivity contribution in [3.8, 4) is 11.6 Å². The first-order valence-corrected chi connectivity index (χ1v) is 4.10. The Kier molecular flexibility index (Phi) is 2.06. The lowest BCUT2D eigenvalue weighted by molar-refractivity contribution is 1.04. The molecule has 0 saturated carbocycles. The second kappa shape index (κ2) is 3.37. The molecule has 0 amide bonds. The summed E-state index contributed by atoms with van der Waals surface area (Å²) in [5.74, 6) is 0.811. The molecule has 0 aliphatic carbocycles. The summed E-state index contributed by atoms with van der Waals surface area (Å²) in [7, 11) is 0. The first-order chi connectivity index (χ1) is 6.75. The molecule has 5 heteroatoms.